The lowest BCUT2D eigenvalue weighted by Crippen LogP contribution is -2.66. The Hall–Kier alpha value is -3.41. The van der Waals surface area contributed by atoms with Crippen LogP contribution < -0.4 is 20.7 Å². The van der Waals surface area contributed by atoms with Crippen LogP contribution >= 0.6 is 11.6 Å². The number of amides is 2. The second-order valence-corrected chi connectivity index (χ2v) is 9.88. The van der Waals surface area contributed by atoms with E-state index in [-0.39, 0.29) is 25.0 Å². The lowest BCUT2D eigenvalue weighted by Gasteiger charge is -2.46. The predicted octanol–water partition coefficient (Wildman–Crippen LogP) is 1.52. The van der Waals surface area contributed by atoms with Gasteiger partial charge in [0.2, 0.25) is 0 Å². The number of nitrogens with one attached hydrogen (secondary N) is 1. The number of carbonyl (C=O) groups is 3. The third-order valence-corrected chi connectivity index (χ3v) is 7.32. The number of rotatable bonds is 4. The normalized spacial score (nSPS) is 22.3. The third kappa shape index (κ3) is 4.57. The summed E-state index contributed by atoms with van der Waals surface area (Å²) in [7, 11) is 0. The highest BCUT2D eigenvalue weighted by Crippen LogP contribution is 2.38. The van der Waals surface area contributed by atoms with Gasteiger partial charge in [-0.05, 0) is 48.1 Å². The standard InChI is InChI=1S/C23H24ClN5O4.CH2O2/c24-16-3-1-2-13-6-14(7-15(13)16)17(25)8-28-10-23(11-28)12-29(22(31)33-23)19-5-4-18-21(26-19)27-20(30)9-32-18;2-1-3/h1-5,14,17H,6-12,25H2,(H,26,27,30);1H,(H,2,3). The molecule has 2 amide bonds. The quantitative estimate of drug-likeness (QED) is 0.515. The first kappa shape index (κ1) is 24.3. The van der Waals surface area contributed by atoms with E-state index >= 15 is 0 Å². The number of halogens is 1. The molecule has 2 fully saturated rings. The fourth-order valence-corrected chi connectivity index (χ4v) is 5.63. The van der Waals surface area contributed by atoms with E-state index < -0.39 is 11.7 Å². The summed E-state index contributed by atoms with van der Waals surface area (Å²) in [5.41, 5.74) is 8.52. The van der Waals surface area contributed by atoms with Crippen molar-refractivity contribution in [1.29, 1.82) is 0 Å². The molecule has 2 unspecified atom stereocenters. The van der Waals surface area contributed by atoms with E-state index in [1.54, 1.807) is 12.1 Å². The molecule has 4 N–H and O–H groups in total. The minimum atomic E-state index is -0.559. The maximum Gasteiger partial charge on any atom is 0.416 e. The van der Waals surface area contributed by atoms with Gasteiger partial charge in [-0.3, -0.25) is 19.4 Å². The SMILES string of the molecule is NC(CN1CC2(C1)CN(c1ccc3c(n1)NC(=O)CO3)C(=O)O2)C1Cc2cccc(Cl)c2C1.O=CO. The number of carboxylic acid groups (broad SMARTS) is 1. The van der Waals surface area contributed by atoms with Gasteiger partial charge in [0.25, 0.3) is 12.4 Å². The maximum absolute atomic E-state index is 12.6. The van der Waals surface area contributed by atoms with Crippen LogP contribution in [-0.2, 0) is 27.2 Å². The molecule has 2 aromatic rings. The minimum absolute atomic E-state index is 0.0185. The van der Waals surface area contributed by atoms with E-state index in [1.807, 2.05) is 12.1 Å². The molecule has 3 aliphatic heterocycles. The zero-order valence-electron chi connectivity index (χ0n) is 19.4. The van der Waals surface area contributed by atoms with Crippen LogP contribution in [0.4, 0.5) is 16.4 Å². The summed E-state index contributed by atoms with van der Waals surface area (Å²) in [5.74, 6) is 1.32. The highest BCUT2D eigenvalue weighted by Gasteiger charge is 2.54. The van der Waals surface area contributed by atoms with Gasteiger partial charge in [0.1, 0.15) is 5.82 Å². The predicted molar refractivity (Wildman–Crippen MR) is 130 cm³/mol. The number of hydrogen-bond donors (Lipinski definition) is 3. The molecule has 190 valence electrons. The molecule has 11 nitrogen and oxygen atoms in total. The van der Waals surface area contributed by atoms with Gasteiger partial charge < -0.3 is 25.6 Å². The zero-order valence-corrected chi connectivity index (χ0v) is 20.1. The number of carbonyl (C=O) groups excluding carboxylic acids is 2. The number of aromatic nitrogens is 1. The molecular formula is C24H26ClN5O6. The number of likely N-dealkylation sites (tertiary alicyclic amines) is 1. The van der Waals surface area contributed by atoms with Gasteiger partial charge in [0.15, 0.2) is 23.8 Å². The van der Waals surface area contributed by atoms with Gasteiger partial charge in [-0.25, -0.2) is 9.78 Å². The molecule has 1 aromatic heterocycles. The topological polar surface area (TPSA) is 147 Å². The van der Waals surface area contributed by atoms with Crippen LogP contribution in [0.5, 0.6) is 5.75 Å². The third-order valence-electron chi connectivity index (χ3n) is 6.97. The van der Waals surface area contributed by atoms with E-state index in [9.17, 15) is 9.59 Å². The van der Waals surface area contributed by atoms with Crippen LogP contribution in [0.1, 0.15) is 11.1 Å². The molecule has 1 aliphatic carbocycles. The lowest BCUT2D eigenvalue weighted by molar-refractivity contribution is -0.123. The highest BCUT2D eigenvalue weighted by molar-refractivity contribution is 6.31. The van der Waals surface area contributed by atoms with Crippen molar-refractivity contribution in [3.8, 4) is 5.75 Å². The molecule has 0 radical (unpaired) electrons. The Bertz CT molecular complexity index is 1200. The van der Waals surface area contributed by atoms with Gasteiger partial charge in [-0.2, -0.15) is 0 Å². The number of anilines is 2. The van der Waals surface area contributed by atoms with Crippen molar-refractivity contribution in [1.82, 2.24) is 9.88 Å². The molecule has 0 saturated carbocycles. The van der Waals surface area contributed by atoms with Gasteiger partial charge in [-0.1, -0.05) is 23.7 Å². The lowest BCUT2D eigenvalue weighted by atomic mass is 9.90. The molecule has 4 aliphatic rings. The van der Waals surface area contributed by atoms with Gasteiger partial charge >= 0.3 is 6.09 Å². The molecule has 2 atom stereocenters. The average Bonchev–Trinajstić information content (AvgIpc) is 3.41. The van der Waals surface area contributed by atoms with Gasteiger partial charge in [-0.15, -0.1) is 0 Å². The number of pyridine rings is 1. The minimum Gasteiger partial charge on any atom is -0.483 e. The summed E-state index contributed by atoms with van der Waals surface area (Å²) in [6, 6.07) is 9.48. The summed E-state index contributed by atoms with van der Waals surface area (Å²) < 4.78 is 11.1. The Labute approximate surface area is 212 Å². The highest BCUT2D eigenvalue weighted by atomic mass is 35.5. The molecule has 1 spiro atoms. The van der Waals surface area contributed by atoms with Crippen molar-refractivity contribution in [3.63, 3.8) is 0 Å². The maximum atomic E-state index is 12.6. The fourth-order valence-electron chi connectivity index (χ4n) is 5.36. The molecule has 6 rings (SSSR count). The Morgan fingerprint density at radius 1 is 1.25 bits per heavy atom. The van der Waals surface area contributed by atoms with Crippen molar-refractivity contribution < 1.29 is 29.0 Å². The Kier molecular flexibility index (Phi) is 6.45. The van der Waals surface area contributed by atoms with Crippen molar-refractivity contribution in [2.45, 2.75) is 24.5 Å². The van der Waals surface area contributed by atoms with E-state index in [0.29, 0.717) is 42.9 Å². The number of nitrogens with zero attached hydrogens (tertiary/aromatic N) is 3. The van der Waals surface area contributed by atoms with E-state index in [2.05, 4.69) is 21.3 Å². The van der Waals surface area contributed by atoms with Crippen molar-refractivity contribution in [2.24, 2.45) is 11.7 Å². The summed E-state index contributed by atoms with van der Waals surface area (Å²) >= 11 is 6.35. The summed E-state index contributed by atoms with van der Waals surface area (Å²) in [6.45, 7) is 2.13. The van der Waals surface area contributed by atoms with Gasteiger partial charge in [0, 0.05) is 30.7 Å². The first-order valence-electron chi connectivity index (χ1n) is 11.6. The van der Waals surface area contributed by atoms with Crippen LogP contribution in [0.2, 0.25) is 5.02 Å². The van der Waals surface area contributed by atoms with Crippen molar-refractivity contribution >= 4 is 41.7 Å². The number of ether oxygens (including phenoxy) is 2. The number of hydrogen-bond acceptors (Lipinski definition) is 8. The van der Waals surface area contributed by atoms with Crippen LogP contribution in [0.25, 0.3) is 0 Å². The second kappa shape index (κ2) is 9.57. The van der Waals surface area contributed by atoms with E-state index in [0.717, 1.165) is 24.4 Å². The smallest absolute Gasteiger partial charge is 0.416 e. The molecular weight excluding hydrogens is 490 g/mol. The first-order valence-corrected chi connectivity index (χ1v) is 11.9. The first-order chi connectivity index (χ1) is 17.3. The van der Waals surface area contributed by atoms with Crippen LogP contribution in [0.15, 0.2) is 30.3 Å². The molecule has 36 heavy (non-hydrogen) atoms. The Morgan fingerprint density at radius 3 is 2.78 bits per heavy atom. The summed E-state index contributed by atoms with van der Waals surface area (Å²) in [5, 5.41) is 10.4. The second-order valence-electron chi connectivity index (χ2n) is 9.47. The fraction of sp³-hybridized carbons (Fsp3) is 0.417. The van der Waals surface area contributed by atoms with Crippen molar-refractivity contribution in [3.05, 3.63) is 46.5 Å². The van der Waals surface area contributed by atoms with Crippen LogP contribution in [0, 0.1) is 5.92 Å². The van der Waals surface area contributed by atoms with Gasteiger partial charge in [0.05, 0.1) is 6.54 Å². The van der Waals surface area contributed by atoms with Crippen LogP contribution in [-0.4, -0.2) is 77.9 Å². The molecule has 4 heterocycles. The number of fused-ring (bicyclic) bond motifs is 2. The molecule has 0 bridgehead atoms. The number of nitrogens with two attached hydrogens (primary N) is 1. The number of benzene rings is 1. The molecule has 1 aromatic carbocycles. The molecule has 12 heteroatoms. The Morgan fingerprint density at radius 2 is 2.03 bits per heavy atom. The Balaban J connectivity index is 0.000000848. The summed E-state index contributed by atoms with van der Waals surface area (Å²) in [4.78, 5) is 40.7. The zero-order chi connectivity index (χ0) is 25.4. The van der Waals surface area contributed by atoms with E-state index in [4.69, 9.17) is 36.7 Å². The monoisotopic (exact) mass is 515 g/mol. The average molecular weight is 516 g/mol. The molecule has 2 saturated heterocycles. The largest absolute Gasteiger partial charge is 0.483 e. The van der Waals surface area contributed by atoms with E-state index in [1.165, 1.54) is 16.0 Å². The van der Waals surface area contributed by atoms with Crippen molar-refractivity contribution in [2.75, 3.05) is 43.0 Å². The summed E-state index contributed by atoms with van der Waals surface area (Å²) in [6.07, 6.45) is 1.42. The van der Waals surface area contributed by atoms with Crippen LogP contribution in [0.3, 0.4) is 0 Å².